The Balaban J connectivity index is 1.35. The van der Waals surface area contributed by atoms with Crippen molar-refractivity contribution < 1.29 is 22.8 Å². The minimum absolute atomic E-state index is 0.0958. The Morgan fingerprint density at radius 3 is 2.41 bits per heavy atom. The average molecular weight is 447 g/mol. The minimum Gasteiger partial charge on any atom is -0.322 e. The number of fused-ring (bicyclic) bond motifs is 2. The van der Waals surface area contributed by atoms with Crippen LogP contribution >= 0.6 is 0 Å². The molecular formula is C23H17N3O5S. The number of benzene rings is 3. The fraction of sp³-hybridized carbons (Fsp3) is 0.0870. The van der Waals surface area contributed by atoms with E-state index in [4.69, 9.17) is 0 Å². The summed E-state index contributed by atoms with van der Waals surface area (Å²) in [4.78, 5) is 36.1. The first-order valence-corrected chi connectivity index (χ1v) is 11.3. The highest BCUT2D eigenvalue weighted by Crippen LogP contribution is 2.32. The van der Waals surface area contributed by atoms with Gasteiger partial charge in [0, 0.05) is 17.8 Å². The highest BCUT2D eigenvalue weighted by atomic mass is 32.2. The minimum atomic E-state index is -3.75. The number of carbonyl (C=O) groups is 3. The highest BCUT2D eigenvalue weighted by Gasteiger charge is 2.31. The van der Waals surface area contributed by atoms with Gasteiger partial charge < -0.3 is 5.32 Å². The number of rotatable bonds is 4. The van der Waals surface area contributed by atoms with Gasteiger partial charge in [-0.2, -0.15) is 0 Å². The van der Waals surface area contributed by atoms with Crippen molar-refractivity contribution in [2.75, 3.05) is 16.2 Å². The number of amides is 3. The number of sulfonamides is 1. The summed E-state index contributed by atoms with van der Waals surface area (Å²) in [5.41, 5.74) is 2.71. The zero-order chi connectivity index (χ0) is 22.5. The molecule has 5 rings (SSSR count). The third-order valence-corrected chi connectivity index (χ3v) is 7.37. The van der Waals surface area contributed by atoms with Crippen molar-refractivity contribution in [3.8, 4) is 0 Å². The van der Waals surface area contributed by atoms with E-state index in [1.54, 1.807) is 12.1 Å². The van der Waals surface area contributed by atoms with E-state index in [2.05, 4.69) is 10.6 Å². The van der Waals surface area contributed by atoms with Gasteiger partial charge in [0.1, 0.15) is 0 Å². The van der Waals surface area contributed by atoms with Crippen LogP contribution in [0.2, 0.25) is 0 Å². The van der Waals surface area contributed by atoms with Gasteiger partial charge in [-0.1, -0.05) is 18.2 Å². The molecule has 0 unspecified atom stereocenters. The van der Waals surface area contributed by atoms with Crippen LogP contribution in [0.1, 0.15) is 36.6 Å². The predicted octanol–water partition coefficient (Wildman–Crippen LogP) is 2.57. The molecule has 0 atom stereocenters. The van der Waals surface area contributed by atoms with Crippen molar-refractivity contribution in [2.24, 2.45) is 0 Å². The Hall–Kier alpha value is -3.98. The zero-order valence-corrected chi connectivity index (χ0v) is 17.5. The number of para-hydroxylation sites is 1. The summed E-state index contributed by atoms with van der Waals surface area (Å²) in [6.07, 6.45) is 0.653. The molecule has 3 amide bonds. The second-order valence-corrected chi connectivity index (χ2v) is 9.34. The summed E-state index contributed by atoms with van der Waals surface area (Å²) in [5, 5.41) is 4.85. The maximum atomic E-state index is 13.1. The van der Waals surface area contributed by atoms with Gasteiger partial charge in [0.2, 0.25) is 0 Å². The van der Waals surface area contributed by atoms with Gasteiger partial charge in [0.05, 0.1) is 21.7 Å². The lowest BCUT2D eigenvalue weighted by Gasteiger charge is -2.19. The predicted molar refractivity (Wildman–Crippen MR) is 117 cm³/mol. The maximum absolute atomic E-state index is 13.1. The van der Waals surface area contributed by atoms with E-state index < -0.39 is 27.7 Å². The van der Waals surface area contributed by atoms with E-state index in [-0.39, 0.29) is 21.6 Å². The van der Waals surface area contributed by atoms with Gasteiger partial charge in [-0.25, -0.2) is 8.42 Å². The first kappa shape index (κ1) is 20.0. The first-order chi connectivity index (χ1) is 15.3. The summed E-state index contributed by atoms with van der Waals surface area (Å²) in [6, 6.07) is 17.5. The van der Waals surface area contributed by atoms with E-state index in [1.165, 1.54) is 46.8 Å². The molecular weight excluding hydrogens is 430 g/mol. The molecule has 3 aromatic rings. The van der Waals surface area contributed by atoms with Crippen molar-refractivity contribution in [3.05, 3.63) is 89.0 Å². The molecule has 3 aromatic carbocycles. The van der Waals surface area contributed by atoms with Crippen LogP contribution < -0.4 is 14.9 Å². The third-order valence-electron chi connectivity index (χ3n) is 5.54. The molecule has 9 heteroatoms. The number of imide groups is 1. The number of nitrogens with zero attached hydrogens (tertiary/aromatic N) is 1. The molecule has 0 fully saturated rings. The van der Waals surface area contributed by atoms with Crippen molar-refractivity contribution in [2.45, 2.75) is 11.3 Å². The number of carbonyl (C=O) groups excluding carboxylic acids is 3. The van der Waals surface area contributed by atoms with Crippen LogP contribution in [-0.4, -0.2) is 32.7 Å². The molecule has 0 aromatic heterocycles. The largest absolute Gasteiger partial charge is 0.322 e. The smallest absolute Gasteiger partial charge is 0.264 e. The molecule has 0 aliphatic carbocycles. The molecule has 2 heterocycles. The van der Waals surface area contributed by atoms with Gasteiger partial charge >= 0.3 is 0 Å². The Morgan fingerprint density at radius 1 is 0.906 bits per heavy atom. The first-order valence-electron chi connectivity index (χ1n) is 9.86. The molecule has 2 aliphatic heterocycles. The summed E-state index contributed by atoms with van der Waals surface area (Å²) in [7, 11) is -3.75. The fourth-order valence-corrected chi connectivity index (χ4v) is 5.42. The lowest BCUT2D eigenvalue weighted by Crippen LogP contribution is -2.29. The van der Waals surface area contributed by atoms with E-state index in [9.17, 15) is 22.8 Å². The van der Waals surface area contributed by atoms with Gasteiger partial charge in [-0.05, 0) is 60.5 Å². The third kappa shape index (κ3) is 3.23. The molecule has 0 saturated carbocycles. The van der Waals surface area contributed by atoms with Crippen LogP contribution in [0.3, 0.4) is 0 Å². The Kier molecular flexibility index (Phi) is 4.56. The lowest BCUT2D eigenvalue weighted by molar-refractivity contribution is 0.0878. The standard InChI is InChI=1S/C23H17N3O5S/c27-21(24-16-7-10-18-19(13-16)23(29)25-22(18)28)15-5-8-17(9-6-15)32(30,31)26-12-11-14-3-1-2-4-20(14)26/h1-10,13H,11-12H2,(H,24,27)(H,25,28,29). The van der Waals surface area contributed by atoms with Crippen molar-refractivity contribution >= 4 is 39.1 Å². The number of hydrogen-bond donors (Lipinski definition) is 2. The van der Waals surface area contributed by atoms with Gasteiger partial charge in [0.25, 0.3) is 27.7 Å². The number of nitrogens with one attached hydrogen (secondary N) is 2. The molecule has 2 aliphatic rings. The van der Waals surface area contributed by atoms with Crippen LogP contribution in [0.4, 0.5) is 11.4 Å². The second-order valence-electron chi connectivity index (χ2n) is 7.48. The van der Waals surface area contributed by atoms with Gasteiger partial charge in [-0.3, -0.25) is 24.0 Å². The lowest BCUT2D eigenvalue weighted by atomic mass is 10.1. The molecule has 8 nitrogen and oxygen atoms in total. The SMILES string of the molecule is O=C(Nc1ccc2c(c1)C(=O)NC2=O)c1ccc(S(=O)(=O)N2CCc3ccccc32)cc1. The maximum Gasteiger partial charge on any atom is 0.264 e. The molecule has 160 valence electrons. The normalized spacial score (nSPS) is 14.7. The van der Waals surface area contributed by atoms with Crippen molar-refractivity contribution in [1.29, 1.82) is 0 Å². The summed E-state index contributed by atoms with van der Waals surface area (Å²) < 4.78 is 27.6. The van der Waals surface area contributed by atoms with E-state index in [0.717, 1.165) is 5.56 Å². The van der Waals surface area contributed by atoms with Crippen LogP contribution in [0.25, 0.3) is 0 Å². The Morgan fingerprint density at radius 2 is 1.62 bits per heavy atom. The highest BCUT2D eigenvalue weighted by molar-refractivity contribution is 7.92. The van der Waals surface area contributed by atoms with Crippen LogP contribution in [-0.2, 0) is 16.4 Å². The van der Waals surface area contributed by atoms with Gasteiger partial charge in [-0.15, -0.1) is 0 Å². The Bertz CT molecular complexity index is 1400. The van der Waals surface area contributed by atoms with Gasteiger partial charge in [0.15, 0.2) is 0 Å². The quantitative estimate of drug-likeness (QED) is 0.597. The topological polar surface area (TPSA) is 113 Å². The van der Waals surface area contributed by atoms with Crippen LogP contribution in [0, 0.1) is 0 Å². The second kappa shape index (κ2) is 7.31. The average Bonchev–Trinajstić information content (AvgIpc) is 3.35. The molecule has 32 heavy (non-hydrogen) atoms. The van der Waals surface area contributed by atoms with Crippen LogP contribution in [0.5, 0.6) is 0 Å². The molecule has 0 radical (unpaired) electrons. The molecule has 0 bridgehead atoms. The number of anilines is 2. The fourth-order valence-electron chi connectivity index (χ4n) is 3.91. The van der Waals surface area contributed by atoms with E-state index in [1.807, 2.05) is 12.1 Å². The van der Waals surface area contributed by atoms with Crippen molar-refractivity contribution in [1.82, 2.24) is 5.32 Å². The van der Waals surface area contributed by atoms with E-state index >= 15 is 0 Å². The molecule has 0 spiro atoms. The zero-order valence-electron chi connectivity index (χ0n) is 16.7. The van der Waals surface area contributed by atoms with Crippen molar-refractivity contribution in [3.63, 3.8) is 0 Å². The Labute approximate surface area is 183 Å². The summed E-state index contributed by atoms with van der Waals surface area (Å²) in [5.74, 6) is -1.45. The molecule has 0 saturated heterocycles. The van der Waals surface area contributed by atoms with E-state index in [0.29, 0.717) is 24.3 Å². The molecule has 2 N–H and O–H groups in total. The summed E-state index contributed by atoms with van der Waals surface area (Å²) >= 11 is 0. The van der Waals surface area contributed by atoms with Crippen LogP contribution in [0.15, 0.2) is 71.6 Å². The monoisotopic (exact) mass is 447 g/mol. The number of hydrogen-bond acceptors (Lipinski definition) is 5. The summed E-state index contributed by atoms with van der Waals surface area (Å²) in [6.45, 7) is 0.373.